The highest BCUT2D eigenvalue weighted by Crippen LogP contribution is 2.35. The lowest BCUT2D eigenvalue weighted by Gasteiger charge is -2.17. The molecule has 1 rings (SSSR count). The molecule has 0 saturated heterocycles. The maximum Gasteiger partial charge on any atom is 0.418 e. The fourth-order valence-corrected chi connectivity index (χ4v) is 1.82. The van der Waals surface area contributed by atoms with Gasteiger partial charge in [-0.15, -0.1) is 0 Å². The average molecular weight is 319 g/mol. The SMILES string of the molecule is CCOC(=O)C(C(=O)OCC)c1ccc(N)c(C(F)(F)F)c1. The summed E-state index contributed by atoms with van der Waals surface area (Å²) >= 11 is 0. The Bertz CT molecular complexity index is 540. The molecule has 0 aromatic heterocycles. The largest absolute Gasteiger partial charge is 0.465 e. The summed E-state index contributed by atoms with van der Waals surface area (Å²) < 4.78 is 48.1. The van der Waals surface area contributed by atoms with E-state index in [0.29, 0.717) is 6.07 Å². The zero-order chi connectivity index (χ0) is 16.9. The molecule has 0 aliphatic heterocycles. The monoisotopic (exact) mass is 319 g/mol. The van der Waals surface area contributed by atoms with Crippen molar-refractivity contribution < 1.29 is 32.2 Å². The van der Waals surface area contributed by atoms with Crippen LogP contribution in [0, 0.1) is 0 Å². The van der Waals surface area contributed by atoms with E-state index in [4.69, 9.17) is 15.2 Å². The maximum absolute atomic E-state index is 12.9. The van der Waals surface area contributed by atoms with Crippen LogP contribution in [0.2, 0.25) is 0 Å². The molecule has 0 unspecified atom stereocenters. The summed E-state index contributed by atoms with van der Waals surface area (Å²) in [6, 6.07) is 2.82. The maximum atomic E-state index is 12.9. The highest BCUT2D eigenvalue weighted by Gasteiger charge is 2.37. The van der Waals surface area contributed by atoms with Crippen LogP contribution < -0.4 is 5.73 Å². The van der Waals surface area contributed by atoms with Gasteiger partial charge in [-0.3, -0.25) is 9.59 Å². The van der Waals surface area contributed by atoms with Gasteiger partial charge in [0.1, 0.15) is 0 Å². The molecule has 122 valence electrons. The van der Waals surface area contributed by atoms with E-state index in [0.717, 1.165) is 6.07 Å². The van der Waals surface area contributed by atoms with Crippen molar-refractivity contribution in [1.82, 2.24) is 0 Å². The van der Waals surface area contributed by atoms with Gasteiger partial charge in [-0.25, -0.2) is 0 Å². The van der Waals surface area contributed by atoms with Crippen molar-refractivity contribution in [2.45, 2.75) is 25.9 Å². The van der Waals surface area contributed by atoms with Crippen molar-refractivity contribution >= 4 is 17.6 Å². The fourth-order valence-electron chi connectivity index (χ4n) is 1.82. The fraction of sp³-hybridized carbons (Fsp3) is 0.429. The smallest absolute Gasteiger partial charge is 0.418 e. The first-order valence-electron chi connectivity index (χ1n) is 6.52. The van der Waals surface area contributed by atoms with E-state index >= 15 is 0 Å². The quantitative estimate of drug-likeness (QED) is 0.512. The Balaban J connectivity index is 3.31. The highest BCUT2D eigenvalue weighted by molar-refractivity contribution is 6.01. The summed E-state index contributed by atoms with van der Waals surface area (Å²) in [5.74, 6) is -3.53. The topological polar surface area (TPSA) is 78.6 Å². The summed E-state index contributed by atoms with van der Waals surface area (Å²) in [5.41, 5.74) is 3.49. The lowest BCUT2D eigenvalue weighted by atomic mass is 9.96. The van der Waals surface area contributed by atoms with Crippen molar-refractivity contribution in [1.29, 1.82) is 0 Å². The summed E-state index contributed by atoms with van der Waals surface area (Å²) in [7, 11) is 0. The number of anilines is 1. The molecule has 0 heterocycles. The molecular formula is C14H16F3NO4. The van der Waals surface area contributed by atoms with Crippen molar-refractivity contribution in [2.24, 2.45) is 0 Å². The minimum absolute atomic E-state index is 0.0180. The number of hydrogen-bond acceptors (Lipinski definition) is 5. The van der Waals surface area contributed by atoms with Gasteiger partial charge in [0.05, 0.1) is 18.8 Å². The lowest BCUT2D eigenvalue weighted by molar-refractivity contribution is -0.157. The van der Waals surface area contributed by atoms with E-state index < -0.39 is 35.3 Å². The van der Waals surface area contributed by atoms with Gasteiger partial charge in [0.25, 0.3) is 0 Å². The minimum Gasteiger partial charge on any atom is -0.465 e. The van der Waals surface area contributed by atoms with Gasteiger partial charge in [-0.1, -0.05) is 6.07 Å². The molecule has 22 heavy (non-hydrogen) atoms. The van der Waals surface area contributed by atoms with Crippen LogP contribution in [0.5, 0.6) is 0 Å². The van der Waals surface area contributed by atoms with Crippen LogP contribution in [0.15, 0.2) is 18.2 Å². The number of hydrogen-bond donors (Lipinski definition) is 1. The molecule has 5 nitrogen and oxygen atoms in total. The molecule has 0 spiro atoms. The lowest BCUT2D eigenvalue weighted by Crippen LogP contribution is -2.26. The number of carbonyl (C=O) groups is 2. The van der Waals surface area contributed by atoms with Gasteiger partial charge in [-0.2, -0.15) is 13.2 Å². The molecular weight excluding hydrogens is 303 g/mol. The summed E-state index contributed by atoms with van der Waals surface area (Å²) in [6.07, 6.45) is -4.70. The second-order valence-corrected chi connectivity index (χ2v) is 4.28. The number of ether oxygens (including phenoxy) is 2. The Morgan fingerprint density at radius 1 is 1.14 bits per heavy atom. The Kier molecular flexibility index (Phi) is 5.78. The van der Waals surface area contributed by atoms with Crippen LogP contribution in [-0.2, 0) is 25.2 Å². The van der Waals surface area contributed by atoms with Crippen LogP contribution in [0.4, 0.5) is 18.9 Å². The van der Waals surface area contributed by atoms with E-state index in [-0.39, 0.29) is 18.8 Å². The third kappa shape index (κ3) is 4.12. The van der Waals surface area contributed by atoms with Gasteiger partial charge in [-0.05, 0) is 31.5 Å². The summed E-state index contributed by atoms with van der Waals surface area (Å²) in [5, 5.41) is 0. The average Bonchev–Trinajstić information content (AvgIpc) is 2.40. The van der Waals surface area contributed by atoms with E-state index in [9.17, 15) is 22.8 Å². The third-order valence-electron chi connectivity index (χ3n) is 2.76. The number of esters is 2. The molecule has 0 bridgehead atoms. The molecule has 8 heteroatoms. The van der Waals surface area contributed by atoms with Crippen LogP contribution in [0.3, 0.4) is 0 Å². The van der Waals surface area contributed by atoms with Gasteiger partial charge in [0, 0.05) is 5.69 Å². The molecule has 0 aliphatic rings. The standard InChI is InChI=1S/C14H16F3NO4/c1-3-21-12(19)11(13(20)22-4-2)8-5-6-10(18)9(7-8)14(15,16)17/h5-7,11H,3-4,18H2,1-2H3. The first kappa shape index (κ1) is 17.8. The molecule has 1 aromatic rings. The Labute approximate surface area is 125 Å². The van der Waals surface area contributed by atoms with Crippen molar-refractivity contribution in [3.63, 3.8) is 0 Å². The van der Waals surface area contributed by atoms with Crippen molar-refractivity contribution in [3.05, 3.63) is 29.3 Å². The number of alkyl halides is 3. The molecule has 0 fully saturated rings. The van der Waals surface area contributed by atoms with E-state index in [2.05, 4.69) is 0 Å². The van der Waals surface area contributed by atoms with Crippen LogP contribution >= 0.6 is 0 Å². The van der Waals surface area contributed by atoms with Gasteiger partial charge < -0.3 is 15.2 Å². The Morgan fingerprint density at radius 2 is 1.64 bits per heavy atom. The highest BCUT2D eigenvalue weighted by atomic mass is 19.4. The molecule has 2 N–H and O–H groups in total. The third-order valence-corrected chi connectivity index (χ3v) is 2.76. The molecule has 0 aliphatic carbocycles. The predicted molar refractivity (Wildman–Crippen MR) is 71.9 cm³/mol. The molecule has 1 aromatic carbocycles. The van der Waals surface area contributed by atoms with Crippen LogP contribution in [-0.4, -0.2) is 25.2 Å². The summed E-state index contributed by atoms with van der Waals surface area (Å²) in [4.78, 5) is 23.7. The second-order valence-electron chi connectivity index (χ2n) is 4.28. The molecule has 0 atom stereocenters. The second kappa shape index (κ2) is 7.15. The number of carbonyl (C=O) groups excluding carboxylic acids is 2. The normalized spacial score (nSPS) is 11.4. The number of nitrogens with two attached hydrogens (primary N) is 1. The Morgan fingerprint density at radius 3 is 2.05 bits per heavy atom. The van der Waals surface area contributed by atoms with Crippen LogP contribution in [0.25, 0.3) is 0 Å². The molecule has 0 amide bonds. The number of rotatable bonds is 5. The number of halogens is 3. The van der Waals surface area contributed by atoms with E-state index in [1.54, 1.807) is 0 Å². The van der Waals surface area contributed by atoms with E-state index in [1.165, 1.54) is 19.9 Å². The van der Waals surface area contributed by atoms with Gasteiger partial charge in [0.15, 0.2) is 5.92 Å². The first-order chi connectivity index (χ1) is 10.2. The molecule has 0 saturated carbocycles. The molecule has 0 radical (unpaired) electrons. The number of nitrogen functional groups attached to an aromatic ring is 1. The summed E-state index contributed by atoms with van der Waals surface area (Å²) in [6.45, 7) is 3.00. The minimum atomic E-state index is -4.70. The van der Waals surface area contributed by atoms with Crippen molar-refractivity contribution in [3.8, 4) is 0 Å². The zero-order valence-corrected chi connectivity index (χ0v) is 12.1. The van der Waals surface area contributed by atoms with Crippen LogP contribution in [0.1, 0.15) is 30.9 Å². The van der Waals surface area contributed by atoms with E-state index in [1.807, 2.05) is 0 Å². The Hall–Kier alpha value is -2.25. The first-order valence-corrected chi connectivity index (χ1v) is 6.52. The number of benzene rings is 1. The zero-order valence-electron chi connectivity index (χ0n) is 12.1. The van der Waals surface area contributed by atoms with Gasteiger partial charge >= 0.3 is 18.1 Å². The predicted octanol–water partition coefficient (Wildman–Crippen LogP) is 2.50. The van der Waals surface area contributed by atoms with Gasteiger partial charge in [0.2, 0.25) is 0 Å². The van der Waals surface area contributed by atoms with Crippen molar-refractivity contribution in [2.75, 3.05) is 18.9 Å².